The van der Waals surface area contributed by atoms with Crippen molar-refractivity contribution in [3.05, 3.63) is 29.3 Å². The third-order valence-electron chi connectivity index (χ3n) is 2.47. The van der Waals surface area contributed by atoms with Crippen molar-refractivity contribution in [2.45, 2.75) is 39.2 Å². The SMILES string of the molecule is CC(C)NCCCCCOc1ccccc1Cl. The lowest BCUT2D eigenvalue weighted by Gasteiger charge is -2.09. The molecule has 3 heteroatoms. The summed E-state index contributed by atoms with van der Waals surface area (Å²) in [4.78, 5) is 0. The maximum atomic E-state index is 5.99. The van der Waals surface area contributed by atoms with E-state index in [-0.39, 0.29) is 0 Å². The number of hydrogen-bond donors (Lipinski definition) is 1. The molecule has 0 radical (unpaired) electrons. The lowest BCUT2D eigenvalue weighted by atomic mass is 10.2. The zero-order chi connectivity index (χ0) is 12.5. The van der Waals surface area contributed by atoms with Gasteiger partial charge in [0.25, 0.3) is 0 Å². The van der Waals surface area contributed by atoms with Crippen LogP contribution < -0.4 is 10.1 Å². The van der Waals surface area contributed by atoms with Crippen molar-refractivity contribution in [1.82, 2.24) is 5.32 Å². The molecule has 0 fully saturated rings. The van der Waals surface area contributed by atoms with Crippen molar-refractivity contribution in [1.29, 1.82) is 0 Å². The van der Waals surface area contributed by atoms with Gasteiger partial charge in [-0.15, -0.1) is 0 Å². The van der Waals surface area contributed by atoms with Gasteiger partial charge in [0.05, 0.1) is 11.6 Å². The van der Waals surface area contributed by atoms with Gasteiger partial charge >= 0.3 is 0 Å². The summed E-state index contributed by atoms with van der Waals surface area (Å²) < 4.78 is 5.61. The second-order valence-electron chi connectivity index (χ2n) is 4.45. The highest BCUT2D eigenvalue weighted by Crippen LogP contribution is 2.23. The average Bonchev–Trinajstić information content (AvgIpc) is 2.30. The fourth-order valence-corrected chi connectivity index (χ4v) is 1.73. The van der Waals surface area contributed by atoms with Crippen LogP contribution in [0.3, 0.4) is 0 Å². The molecule has 0 aliphatic rings. The van der Waals surface area contributed by atoms with E-state index >= 15 is 0 Å². The molecule has 0 saturated carbocycles. The molecule has 0 atom stereocenters. The summed E-state index contributed by atoms with van der Waals surface area (Å²) in [5.41, 5.74) is 0. The van der Waals surface area contributed by atoms with Crippen LogP contribution in [0, 0.1) is 0 Å². The molecule has 0 bridgehead atoms. The van der Waals surface area contributed by atoms with E-state index in [1.165, 1.54) is 12.8 Å². The van der Waals surface area contributed by atoms with Crippen LogP contribution in [0.25, 0.3) is 0 Å². The first kappa shape index (κ1) is 14.3. The standard InChI is InChI=1S/C14H22ClNO/c1-12(2)16-10-6-3-7-11-17-14-9-5-4-8-13(14)15/h4-5,8-9,12,16H,3,6-7,10-11H2,1-2H3. The van der Waals surface area contributed by atoms with Gasteiger partial charge < -0.3 is 10.1 Å². The van der Waals surface area contributed by atoms with E-state index < -0.39 is 0 Å². The van der Waals surface area contributed by atoms with E-state index in [9.17, 15) is 0 Å². The Labute approximate surface area is 109 Å². The zero-order valence-electron chi connectivity index (χ0n) is 10.7. The summed E-state index contributed by atoms with van der Waals surface area (Å²) in [5.74, 6) is 0.787. The van der Waals surface area contributed by atoms with Crippen LogP contribution in [-0.4, -0.2) is 19.2 Å². The van der Waals surface area contributed by atoms with Crippen molar-refractivity contribution in [3.63, 3.8) is 0 Å². The monoisotopic (exact) mass is 255 g/mol. The second-order valence-corrected chi connectivity index (χ2v) is 4.86. The summed E-state index contributed by atoms with van der Waals surface area (Å²) in [7, 11) is 0. The number of nitrogens with one attached hydrogen (secondary N) is 1. The Bertz CT molecular complexity index is 315. The van der Waals surface area contributed by atoms with Gasteiger partial charge in [0.2, 0.25) is 0 Å². The third kappa shape index (κ3) is 6.54. The molecule has 2 nitrogen and oxygen atoms in total. The van der Waals surface area contributed by atoms with Crippen LogP contribution in [0.1, 0.15) is 33.1 Å². The Kier molecular flexibility index (Phi) is 7.06. The largest absolute Gasteiger partial charge is 0.492 e. The Hall–Kier alpha value is -0.730. The smallest absolute Gasteiger partial charge is 0.137 e. The minimum absolute atomic E-state index is 0.578. The fraction of sp³-hybridized carbons (Fsp3) is 0.571. The van der Waals surface area contributed by atoms with Gasteiger partial charge in [-0.3, -0.25) is 0 Å². The first-order valence-electron chi connectivity index (χ1n) is 6.31. The van der Waals surface area contributed by atoms with E-state index in [2.05, 4.69) is 19.2 Å². The molecule has 0 aromatic heterocycles. The van der Waals surface area contributed by atoms with Gasteiger partial charge in [-0.25, -0.2) is 0 Å². The normalized spacial score (nSPS) is 10.8. The van der Waals surface area contributed by atoms with Gasteiger partial charge in [-0.05, 0) is 37.9 Å². The Morgan fingerprint density at radius 1 is 1.18 bits per heavy atom. The topological polar surface area (TPSA) is 21.3 Å². The van der Waals surface area contributed by atoms with Gasteiger partial charge in [0.15, 0.2) is 0 Å². The molecule has 0 spiro atoms. The molecule has 1 aromatic carbocycles. The molecule has 0 aliphatic carbocycles. The quantitative estimate of drug-likeness (QED) is 0.712. The molecule has 1 N–H and O–H groups in total. The van der Waals surface area contributed by atoms with Crippen LogP contribution in [0.4, 0.5) is 0 Å². The van der Waals surface area contributed by atoms with Crippen molar-refractivity contribution >= 4 is 11.6 Å². The summed E-state index contributed by atoms with van der Waals surface area (Å²) in [6.07, 6.45) is 3.46. The summed E-state index contributed by atoms with van der Waals surface area (Å²) in [6, 6.07) is 8.18. The van der Waals surface area contributed by atoms with E-state index in [1.807, 2.05) is 24.3 Å². The number of ether oxygens (including phenoxy) is 1. The van der Waals surface area contributed by atoms with Crippen LogP contribution in [0.5, 0.6) is 5.75 Å². The maximum Gasteiger partial charge on any atom is 0.137 e. The molecule has 17 heavy (non-hydrogen) atoms. The van der Waals surface area contributed by atoms with E-state index in [0.29, 0.717) is 11.1 Å². The Morgan fingerprint density at radius 2 is 1.94 bits per heavy atom. The van der Waals surface area contributed by atoms with Gasteiger partial charge in [-0.1, -0.05) is 37.6 Å². The number of unbranched alkanes of at least 4 members (excludes halogenated alkanes) is 2. The first-order chi connectivity index (χ1) is 8.20. The van der Waals surface area contributed by atoms with Crippen LogP contribution in [0.2, 0.25) is 5.02 Å². The highest BCUT2D eigenvalue weighted by atomic mass is 35.5. The lowest BCUT2D eigenvalue weighted by Crippen LogP contribution is -2.23. The second kappa shape index (κ2) is 8.37. The van der Waals surface area contributed by atoms with Crippen molar-refractivity contribution in [2.24, 2.45) is 0 Å². The van der Waals surface area contributed by atoms with E-state index in [4.69, 9.17) is 16.3 Å². The van der Waals surface area contributed by atoms with Crippen LogP contribution in [0.15, 0.2) is 24.3 Å². The Morgan fingerprint density at radius 3 is 2.65 bits per heavy atom. The number of para-hydroxylation sites is 1. The number of benzene rings is 1. The predicted molar refractivity (Wildman–Crippen MR) is 73.9 cm³/mol. The third-order valence-corrected chi connectivity index (χ3v) is 2.78. The van der Waals surface area contributed by atoms with E-state index in [1.54, 1.807) is 0 Å². The molecule has 0 heterocycles. The minimum Gasteiger partial charge on any atom is -0.492 e. The highest BCUT2D eigenvalue weighted by molar-refractivity contribution is 6.32. The number of rotatable bonds is 8. The molecular weight excluding hydrogens is 234 g/mol. The molecular formula is C14H22ClNO. The first-order valence-corrected chi connectivity index (χ1v) is 6.68. The lowest BCUT2D eigenvalue weighted by molar-refractivity contribution is 0.305. The highest BCUT2D eigenvalue weighted by Gasteiger charge is 1.99. The molecule has 1 rings (SSSR count). The Balaban J connectivity index is 2.03. The molecule has 0 saturated heterocycles. The average molecular weight is 256 g/mol. The van der Waals surface area contributed by atoms with Crippen molar-refractivity contribution in [2.75, 3.05) is 13.2 Å². The molecule has 96 valence electrons. The molecule has 0 aliphatic heterocycles. The van der Waals surface area contributed by atoms with E-state index in [0.717, 1.165) is 25.3 Å². The van der Waals surface area contributed by atoms with Crippen molar-refractivity contribution in [3.8, 4) is 5.75 Å². The number of hydrogen-bond acceptors (Lipinski definition) is 2. The summed E-state index contributed by atoms with van der Waals surface area (Å²) >= 11 is 5.99. The maximum absolute atomic E-state index is 5.99. The summed E-state index contributed by atoms with van der Waals surface area (Å²) in [6.45, 7) is 6.16. The fourth-order valence-electron chi connectivity index (χ4n) is 1.54. The molecule has 1 aromatic rings. The van der Waals surface area contributed by atoms with Crippen LogP contribution in [-0.2, 0) is 0 Å². The minimum atomic E-state index is 0.578. The molecule has 0 unspecified atom stereocenters. The predicted octanol–water partition coefficient (Wildman–Crippen LogP) is 3.89. The van der Waals surface area contributed by atoms with Gasteiger partial charge in [-0.2, -0.15) is 0 Å². The number of halogens is 1. The van der Waals surface area contributed by atoms with Gasteiger partial charge in [0, 0.05) is 6.04 Å². The van der Waals surface area contributed by atoms with Crippen molar-refractivity contribution < 1.29 is 4.74 Å². The van der Waals surface area contributed by atoms with Gasteiger partial charge in [0.1, 0.15) is 5.75 Å². The molecule has 0 amide bonds. The van der Waals surface area contributed by atoms with Crippen LogP contribution >= 0.6 is 11.6 Å². The summed E-state index contributed by atoms with van der Waals surface area (Å²) in [5, 5.41) is 4.09. The zero-order valence-corrected chi connectivity index (χ0v) is 11.5.